The number of ether oxygens (including phenoxy) is 1. The number of carbonyl (C=O) groups is 2. The highest BCUT2D eigenvalue weighted by atomic mass is 32.1. The van der Waals surface area contributed by atoms with Crippen molar-refractivity contribution in [1.82, 2.24) is 4.90 Å². The predicted octanol–water partition coefficient (Wildman–Crippen LogP) is 4.57. The van der Waals surface area contributed by atoms with Gasteiger partial charge in [-0.1, -0.05) is 49.8 Å². The van der Waals surface area contributed by atoms with Gasteiger partial charge in [0.15, 0.2) is 5.11 Å². The Balaban J connectivity index is 2.06. The Labute approximate surface area is 160 Å². The second-order valence-corrected chi connectivity index (χ2v) is 7.46. The van der Waals surface area contributed by atoms with E-state index in [1.807, 2.05) is 36.1 Å². The van der Waals surface area contributed by atoms with Gasteiger partial charge in [-0.05, 0) is 51.0 Å². The van der Waals surface area contributed by atoms with Crippen molar-refractivity contribution in [2.24, 2.45) is 0 Å². The van der Waals surface area contributed by atoms with Gasteiger partial charge in [0.05, 0.1) is 6.61 Å². The molecule has 3 rings (SSSR count). The van der Waals surface area contributed by atoms with Crippen molar-refractivity contribution in [2.45, 2.75) is 64.3 Å². The Morgan fingerprint density at radius 1 is 1.12 bits per heavy atom. The number of amides is 2. The summed E-state index contributed by atoms with van der Waals surface area (Å²) in [6.07, 6.45) is 6.04. The highest BCUT2D eigenvalue weighted by molar-refractivity contribution is 7.80. The minimum atomic E-state index is -0.778. The van der Waals surface area contributed by atoms with Gasteiger partial charge in [0.1, 0.15) is 5.54 Å². The summed E-state index contributed by atoms with van der Waals surface area (Å²) in [5.41, 5.74) is 1.22. The van der Waals surface area contributed by atoms with Crippen molar-refractivity contribution in [3.63, 3.8) is 0 Å². The lowest BCUT2D eigenvalue weighted by Gasteiger charge is -2.37. The SMILES string of the molecule is CCOC(=O)N1C(=O)C2(CCCCCCC2)N(c2ccc(C)cc2)C1=S. The van der Waals surface area contributed by atoms with Crippen LogP contribution >= 0.6 is 12.2 Å². The van der Waals surface area contributed by atoms with E-state index < -0.39 is 11.6 Å². The molecule has 1 spiro atoms. The molecule has 1 saturated heterocycles. The van der Waals surface area contributed by atoms with E-state index in [4.69, 9.17) is 17.0 Å². The summed E-state index contributed by atoms with van der Waals surface area (Å²) in [7, 11) is 0. The third kappa shape index (κ3) is 3.22. The number of carbonyl (C=O) groups excluding carboxylic acids is 2. The Bertz CT molecular complexity index is 694. The summed E-state index contributed by atoms with van der Waals surface area (Å²) >= 11 is 5.61. The molecule has 0 N–H and O–H groups in total. The fraction of sp³-hybridized carbons (Fsp3) is 0.550. The molecule has 0 atom stereocenters. The average Bonchev–Trinajstić information content (AvgIpc) is 2.80. The molecule has 1 aromatic carbocycles. The van der Waals surface area contributed by atoms with Crippen LogP contribution in [-0.4, -0.2) is 34.2 Å². The molecule has 6 heteroatoms. The van der Waals surface area contributed by atoms with E-state index in [1.54, 1.807) is 6.92 Å². The molecule has 2 fully saturated rings. The molecule has 0 bridgehead atoms. The summed E-state index contributed by atoms with van der Waals surface area (Å²) in [5.74, 6) is -0.233. The molecule has 1 aliphatic heterocycles. The van der Waals surface area contributed by atoms with Crippen molar-refractivity contribution in [3.05, 3.63) is 29.8 Å². The van der Waals surface area contributed by atoms with Crippen LogP contribution in [0.15, 0.2) is 24.3 Å². The summed E-state index contributed by atoms with van der Waals surface area (Å²) in [4.78, 5) is 28.8. The number of thiocarbonyl (C=S) groups is 1. The van der Waals surface area contributed by atoms with Gasteiger partial charge in [0, 0.05) is 5.69 Å². The molecule has 2 amide bonds. The smallest absolute Gasteiger partial charge is 0.423 e. The fourth-order valence-electron chi connectivity index (χ4n) is 4.00. The Morgan fingerprint density at radius 3 is 2.27 bits per heavy atom. The third-order valence-electron chi connectivity index (χ3n) is 5.34. The Kier molecular flexibility index (Phi) is 5.61. The fourth-order valence-corrected chi connectivity index (χ4v) is 4.44. The number of aryl methyl sites for hydroxylation is 1. The number of anilines is 1. The summed E-state index contributed by atoms with van der Waals surface area (Å²) < 4.78 is 5.11. The van der Waals surface area contributed by atoms with Gasteiger partial charge in [-0.25, -0.2) is 4.79 Å². The Hall–Kier alpha value is -1.95. The molecule has 1 aliphatic carbocycles. The molecule has 140 valence electrons. The van der Waals surface area contributed by atoms with Crippen LogP contribution in [0.25, 0.3) is 0 Å². The normalized spacial score (nSPS) is 20.2. The second-order valence-electron chi connectivity index (χ2n) is 7.09. The maximum absolute atomic E-state index is 13.4. The van der Waals surface area contributed by atoms with Gasteiger partial charge in [0.2, 0.25) is 0 Å². The monoisotopic (exact) mass is 374 g/mol. The van der Waals surface area contributed by atoms with Gasteiger partial charge in [-0.2, -0.15) is 4.90 Å². The van der Waals surface area contributed by atoms with Gasteiger partial charge < -0.3 is 9.64 Å². The van der Waals surface area contributed by atoms with Crippen molar-refractivity contribution in [2.75, 3.05) is 11.5 Å². The molecule has 1 saturated carbocycles. The second kappa shape index (κ2) is 7.74. The summed E-state index contributed by atoms with van der Waals surface area (Å²) in [6, 6.07) is 7.96. The van der Waals surface area contributed by atoms with Gasteiger partial charge in [-0.3, -0.25) is 4.79 Å². The molecule has 0 aromatic heterocycles. The van der Waals surface area contributed by atoms with Crippen molar-refractivity contribution in [1.29, 1.82) is 0 Å². The van der Waals surface area contributed by atoms with Crippen LogP contribution in [0.3, 0.4) is 0 Å². The van der Waals surface area contributed by atoms with Crippen molar-refractivity contribution in [3.8, 4) is 0 Å². The van der Waals surface area contributed by atoms with E-state index in [-0.39, 0.29) is 17.6 Å². The lowest BCUT2D eigenvalue weighted by atomic mass is 9.82. The lowest BCUT2D eigenvalue weighted by Crippen LogP contribution is -2.50. The largest absolute Gasteiger partial charge is 0.449 e. The first kappa shape index (κ1) is 18.8. The predicted molar refractivity (Wildman–Crippen MR) is 105 cm³/mol. The van der Waals surface area contributed by atoms with Crippen LogP contribution in [-0.2, 0) is 9.53 Å². The molecule has 1 aromatic rings. The molecule has 26 heavy (non-hydrogen) atoms. The van der Waals surface area contributed by atoms with E-state index in [2.05, 4.69) is 0 Å². The van der Waals surface area contributed by atoms with E-state index >= 15 is 0 Å². The molecule has 1 heterocycles. The molecule has 5 nitrogen and oxygen atoms in total. The maximum atomic E-state index is 13.4. The number of nitrogens with zero attached hydrogens (tertiary/aromatic N) is 2. The molecular weight excluding hydrogens is 348 g/mol. The third-order valence-corrected chi connectivity index (χ3v) is 5.70. The van der Waals surface area contributed by atoms with E-state index in [0.29, 0.717) is 12.8 Å². The number of rotatable bonds is 2. The Morgan fingerprint density at radius 2 is 1.69 bits per heavy atom. The first-order valence-electron chi connectivity index (χ1n) is 9.43. The minimum Gasteiger partial charge on any atom is -0.449 e. The van der Waals surface area contributed by atoms with E-state index in [0.717, 1.165) is 41.8 Å². The average molecular weight is 375 g/mol. The van der Waals surface area contributed by atoms with Gasteiger partial charge in [-0.15, -0.1) is 0 Å². The van der Waals surface area contributed by atoms with Crippen LogP contribution in [0.1, 0.15) is 57.4 Å². The van der Waals surface area contributed by atoms with E-state index in [1.165, 1.54) is 6.42 Å². The van der Waals surface area contributed by atoms with Crippen LogP contribution in [0.2, 0.25) is 0 Å². The lowest BCUT2D eigenvalue weighted by molar-refractivity contribution is -0.130. The quantitative estimate of drug-likeness (QED) is 0.710. The first-order valence-corrected chi connectivity index (χ1v) is 9.84. The highest BCUT2D eigenvalue weighted by Gasteiger charge is 2.57. The zero-order valence-electron chi connectivity index (χ0n) is 15.5. The molecule has 0 radical (unpaired) electrons. The maximum Gasteiger partial charge on any atom is 0.423 e. The van der Waals surface area contributed by atoms with Gasteiger partial charge >= 0.3 is 6.09 Å². The highest BCUT2D eigenvalue weighted by Crippen LogP contribution is 2.42. The zero-order valence-corrected chi connectivity index (χ0v) is 16.3. The van der Waals surface area contributed by atoms with Gasteiger partial charge in [0.25, 0.3) is 5.91 Å². The zero-order chi connectivity index (χ0) is 18.7. The topological polar surface area (TPSA) is 49.9 Å². The molecule has 0 unspecified atom stereocenters. The first-order chi connectivity index (χ1) is 12.5. The van der Waals surface area contributed by atoms with Crippen LogP contribution in [0.4, 0.5) is 10.5 Å². The van der Waals surface area contributed by atoms with Crippen molar-refractivity contribution >= 4 is 35.0 Å². The minimum absolute atomic E-state index is 0.211. The molecule has 2 aliphatic rings. The van der Waals surface area contributed by atoms with Crippen LogP contribution in [0.5, 0.6) is 0 Å². The molecular formula is C20H26N2O3S. The number of benzene rings is 1. The summed E-state index contributed by atoms with van der Waals surface area (Å²) in [5, 5.41) is 0.234. The number of imide groups is 1. The summed E-state index contributed by atoms with van der Waals surface area (Å²) in [6.45, 7) is 3.96. The standard InChI is InChI=1S/C20H26N2O3S/c1-3-25-19(24)21-17(23)20(13-7-5-4-6-8-14-20)22(18(21)26)16-11-9-15(2)10-12-16/h9-12H,3-8,13-14H2,1-2H3. The van der Waals surface area contributed by atoms with E-state index in [9.17, 15) is 9.59 Å². The van der Waals surface area contributed by atoms with Crippen LogP contribution < -0.4 is 4.90 Å². The number of hydrogen-bond donors (Lipinski definition) is 0. The van der Waals surface area contributed by atoms with Crippen molar-refractivity contribution < 1.29 is 14.3 Å². The number of hydrogen-bond acceptors (Lipinski definition) is 4. The van der Waals surface area contributed by atoms with Crippen LogP contribution in [0, 0.1) is 6.92 Å².